The molecule has 0 aliphatic heterocycles. The minimum absolute atomic E-state index is 0.0254. The summed E-state index contributed by atoms with van der Waals surface area (Å²) in [5.41, 5.74) is 1.22. The SMILES string of the molecule is CC(=CCCN(C)C)C(=O)OS(=O)(=O)c1ccc(C)cc1. The van der Waals surface area contributed by atoms with Crippen LogP contribution in [-0.2, 0) is 19.1 Å². The fourth-order valence-corrected chi connectivity index (χ4v) is 2.44. The van der Waals surface area contributed by atoms with E-state index < -0.39 is 16.1 Å². The summed E-state index contributed by atoms with van der Waals surface area (Å²) in [6, 6.07) is 6.15. The van der Waals surface area contributed by atoms with E-state index in [1.807, 2.05) is 25.9 Å². The van der Waals surface area contributed by atoms with Gasteiger partial charge in [0.1, 0.15) is 4.90 Å². The highest BCUT2D eigenvalue weighted by Crippen LogP contribution is 2.15. The molecule has 5 nitrogen and oxygen atoms in total. The number of rotatable bonds is 6. The van der Waals surface area contributed by atoms with Crippen LogP contribution in [-0.4, -0.2) is 39.9 Å². The number of hydrogen-bond acceptors (Lipinski definition) is 5. The second-order valence-electron chi connectivity index (χ2n) is 5.12. The van der Waals surface area contributed by atoms with Gasteiger partial charge in [0, 0.05) is 12.1 Å². The molecule has 0 spiro atoms. The monoisotopic (exact) mass is 311 g/mol. The van der Waals surface area contributed by atoms with Crippen molar-refractivity contribution in [3.8, 4) is 0 Å². The molecule has 6 heteroatoms. The van der Waals surface area contributed by atoms with Crippen molar-refractivity contribution in [2.75, 3.05) is 20.6 Å². The van der Waals surface area contributed by atoms with Gasteiger partial charge in [0.25, 0.3) is 0 Å². The highest BCUT2D eigenvalue weighted by molar-refractivity contribution is 7.87. The van der Waals surface area contributed by atoms with Crippen molar-refractivity contribution in [2.45, 2.75) is 25.2 Å². The summed E-state index contributed by atoms with van der Waals surface area (Å²) in [6.45, 7) is 4.16. The van der Waals surface area contributed by atoms with E-state index in [0.29, 0.717) is 6.42 Å². The Labute approximate surface area is 126 Å². The minimum atomic E-state index is -4.06. The molecule has 0 aliphatic rings. The molecule has 0 saturated heterocycles. The van der Waals surface area contributed by atoms with Gasteiger partial charge in [-0.2, -0.15) is 8.42 Å². The molecule has 0 unspecified atom stereocenters. The van der Waals surface area contributed by atoms with E-state index in [4.69, 9.17) is 0 Å². The highest BCUT2D eigenvalue weighted by Gasteiger charge is 2.20. The molecule has 1 aromatic carbocycles. The summed E-state index contributed by atoms with van der Waals surface area (Å²) in [7, 11) is -0.223. The summed E-state index contributed by atoms with van der Waals surface area (Å²) in [5, 5.41) is 0. The Hall–Kier alpha value is -1.66. The Bertz CT molecular complexity index is 616. The lowest BCUT2D eigenvalue weighted by atomic mass is 10.2. The van der Waals surface area contributed by atoms with Crippen molar-refractivity contribution in [1.82, 2.24) is 4.90 Å². The van der Waals surface area contributed by atoms with Gasteiger partial charge in [-0.1, -0.05) is 23.8 Å². The molecule has 0 fully saturated rings. The third kappa shape index (κ3) is 5.69. The van der Waals surface area contributed by atoms with Crippen LogP contribution >= 0.6 is 0 Å². The van der Waals surface area contributed by atoms with Gasteiger partial charge in [0.05, 0.1) is 0 Å². The Morgan fingerprint density at radius 2 is 1.81 bits per heavy atom. The average molecular weight is 311 g/mol. The molecule has 116 valence electrons. The first-order valence-corrected chi connectivity index (χ1v) is 8.00. The van der Waals surface area contributed by atoms with Crippen LogP contribution in [0.5, 0.6) is 0 Å². The van der Waals surface area contributed by atoms with Crippen LogP contribution in [0.15, 0.2) is 40.8 Å². The van der Waals surface area contributed by atoms with E-state index in [0.717, 1.165) is 12.1 Å². The Morgan fingerprint density at radius 3 is 2.33 bits per heavy atom. The van der Waals surface area contributed by atoms with Gasteiger partial charge < -0.3 is 9.08 Å². The molecule has 0 N–H and O–H groups in total. The lowest BCUT2D eigenvalue weighted by molar-refractivity contribution is -0.129. The molecule has 0 saturated carbocycles. The first kappa shape index (κ1) is 17.4. The maximum Gasteiger partial charge on any atom is 0.349 e. The van der Waals surface area contributed by atoms with E-state index in [9.17, 15) is 13.2 Å². The predicted octanol–water partition coefficient (Wildman–Crippen LogP) is 2.12. The summed E-state index contributed by atoms with van der Waals surface area (Å²) < 4.78 is 28.6. The molecule has 0 radical (unpaired) electrons. The van der Waals surface area contributed by atoms with E-state index in [-0.39, 0.29) is 10.5 Å². The average Bonchev–Trinajstić information content (AvgIpc) is 2.38. The quantitative estimate of drug-likeness (QED) is 0.595. The van der Waals surface area contributed by atoms with Crippen LogP contribution in [0.25, 0.3) is 0 Å². The zero-order valence-electron chi connectivity index (χ0n) is 12.8. The van der Waals surface area contributed by atoms with Crippen LogP contribution in [0.2, 0.25) is 0 Å². The third-order valence-electron chi connectivity index (χ3n) is 2.84. The highest BCUT2D eigenvalue weighted by atomic mass is 32.2. The Balaban J connectivity index is 2.75. The number of nitrogens with zero attached hydrogens (tertiary/aromatic N) is 1. The Morgan fingerprint density at radius 1 is 1.24 bits per heavy atom. The second-order valence-corrected chi connectivity index (χ2v) is 6.66. The van der Waals surface area contributed by atoms with Crippen molar-refractivity contribution >= 4 is 16.1 Å². The number of carbonyl (C=O) groups is 1. The smallest absolute Gasteiger partial charge is 0.338 e. The minimum Gasteiger partial charge on any atom is -0.338 e. The molecule has 1 rings (SSSR count). The van der Waals surface area contributed by atoms with Gasteiger partial charge in [-0.25, -0.2) is 4.79 Å². The number of aryl methyl sites for hydroxylation is 1. The van der Waals surface area contributed by atoms with Crippen molar-refractivity contribution in [2.24, 2.45) is 0 Å². The largest absolute Gasteiger partial charge is 0.349 e. The van der Waals surface area contributed by atoms with Gasteiger partial charge in [0.2, 0.25) is 0 Å². The zero-order chi connectivity index (χ0) is 16.0. The lowest BCUT2D eigenvalue weighted by Gasteiger charge is -2.08. The van der Waals surface area contributed by atoms with Gasteiger partial charge in [-0.3, -0.25) is 0 Å². The predicted molar refractivity (Wildman–Crippen MR) is 81.4 cm³/mol. The van der Waals surface area contributed by atoms with Crippen LogP contribution in [0.4, 0.5) is 0 Å². The molecule has 0 aliphatic carbocycles. The van der Waals surface area contributed by atoms with Crippen LogP contribution in [0.3, 0.4) is 0 Å². The Kier molecular flexibility index (Phi) is 6.11. The van der Waals surface area contributed by atoms with E-state index in [2.05, 4.69) is 4.18 Å². The number of carbonyl (C=O) groups excluding carboxylic acids is 1. The fourth-order valence-electron chi connectivity index (χ4n) is 1.54. The van der Waals surface area contributed by atoms with Gasteiger partial charge in [0.15, 0.2) is 0 Å². The van der Waals surface area contributed by atoms with Crippen molar-refractivity contribution in [3.05, 3.63) is 41.5 Å². The molecular weight excluding hydrogens is 290 g/mol. The molecule has 0 bridgehead atoms. The van der Waals surface area contributed by atoms with Crippen LogP contribution in [0, 0.1) is 6.92 Å². The summed E-state index contributed by atoms with van der Waals surface area (Å²) in [5.74, 6) is -0.839. The maximum absolute atomic E-state index is 12.0. The van der Waals surface area contributed by atoms with E-state index in [1.165, 1.54) is 12.1 Å². The number of benzene rings is 1. The first-order chi connectivity index (χ1) is 9.72. The number of hydrogen-bond donors (Lipinski definition) is 0. The van der Waals surface area contributed by atoms with Gasteiger partial charge >= 0.3 is 16.1 Å². The van der Waals surface area contributed by atoms with E-state index in [1.54, 1.807) is 25.1 Å². The summed E-state index contributed by atoms with van der Waals surface area (Å²) >= 11 is 0. The van der Waals surface area contributed by atoms with Crippen LogP contribution < -0.4 is 0 Å². The van der Waals surface area contributed by atoms with Crippen molar-refractivity contribution < 1.29 is 17.4 Å². The van der Waals surface area contributed by atoms with Gasteiger partial charge in [-0.15, -0.1) is 0 Å². The zero-order valence-corrected chi connectivity index (χ0v) is 13.6. The molecule has 0 atom stereocenters. The maximum atomic E-state index is 12.0. The fraction of sp³-hybridized carbons (Fsp3) is 0.400. The van der Waals surface area contributed by atoms with Gasteiger partial charge in [-0.05, 0) is 46.5 Å². The molecule has 21 heavy (non-hydrogen) atoms. The molecule has 0 amide bonds. The van der Waals surface area contributed by atoms with Crippen LogP contribution in [0.1, 0.15) is 18.9 Å². The van der Waals surface area contributed by atoms with E-state index >= 15 is 0 Å². The lowest BCUT2D eigenvalue weighted by Crippen LogP contribution is -2.15. The third-order valence-corrected chi connectivity index (χ3v) is 4.06. The summed E-state index contributed by atoms with van der Waals surface area (Å²) in [4.78, 5) is 13.7. The first-order valence-electron chi connectivity index (χ1n) is 6.59. The molecule has 1 aromatic rings. The standard InChI is InChI=1S/C15H21NO4S/c1-12-7-9-14(10-8-12)21(18,19)20-15(17)13(2)6-5-11-16(3)4/h6-10H,5,11H2,1-4H3. The normalized spacial score (nSPS) is 12.5. The molecule has 0 aromatic heterocycles. The van der Waals surface area contributed by atoms with Crippen molar-refractivity contribution in [3.63, 3.8) is 0 Å². The second kappa shape index (κ2) is 7.38. The van der Waals surface area contributed by atoms with Crippen molar-refractivity contribution in [1.29, 1.82) is 0 Å². The summed E-state index contributed by atoms with van der Waals surface area (Å²) in [6.07, 6.45) is 2.32. The molecule has 0 heterocycles. The topological polar surface area (TPSA) is 63.7 Å². The molecular formula is C15H21NO4S.